The number of hydrogen-bond acceptors (Lipinski definition) is 7. The van der Waals surface area contributed by atoms with E-state index in [-0.39, 0.29) is 24.0 Å². The van der Waals surface area contributed by atoms with Gasteiger partial charge in [0.2, 0.25) is 5.89 Å². The number of nitrogens with one attached hydrogen (secondary N) is 1. The number of carbonyl (C=O) groups excluding carboxylic acids is 1. The van der Waals surface area contributed by atoms with Crippen LogP contribution in [0.5, 0.6) is 0 Å². The van der Waals surface area contributed by atoms with E-state index in [2.05, 4.69) is 25.3 Å². The summed E-state index contributed by atoms with van der Waals surface area (Å²) in [5.41, 5.74) is 0.574. The molecule has 1 aliphatic rings. The number of hydrogen-bond donors (Lipinski definition) is 2. The summed E-state index contributed by atoms with van der Waals surface area (Å²) in [6.45, 7) is 3.21. The van der Waals surface area contributed by atoms with Crippen molar-refractivity contribution >= 4 is 11.4 Å². The predicted octanol–water partition coefficient (Wildman–Crippen LogP) is 2.39. The van der Waals surface area contributed by atoms with E-state index in [0.29, 0.717) is 23.3 Å². The lowest BCUT2D eigenvalue weighted by molar-refractivity contribution is 0.0440. The Labute approximate surface area is 179 Å². The average Bonchev–Trinajstić information content (AvgIpc) is 3.50. The molecule has 0 aliphatic carbocycles. The van der Waals surface area contributed by atoms with Gasteiger partial charge in [-0.2, -0.15) is 5.10 Å². The van der Waals surface area contributed by atoms with Gasteiger partial charge in [0.15, 0.2) is 0 Å². The number of pyridine rings is 1. The highest BCUT2D eigenvalue weighted by molar-refractivity contribution is 5.90. The van der Waals surface area contributed by atoms with Crippen molar-refractivity contribution in [3.63, 3.8) is 0 Å². The topological polar surface area (TPSA) is 125 Å². The predicted molar refractivity (Wildman–Crippen MR) is 105 cm³/mol. The lowest BCUT2D eigenvalue weighted by Crippen LogP contribution is -2.41. The first-order valence-electron chi connectivity index (χ1n) is 9.90. The molecule has 5 heterocycles. The molecule has 0 bridgehead atoms. The fourth-order valence-electron chi connectivity index (χ4n) is 3.83. The Morgan fingerprint density at radius 2 is 2.16 bits per heavy atom. The molecule has 32 heavy (non-hydrogen) atoms. The maximum absolute atomic E-state index is 13.5. The summed E-state index contributed by atoms with van der Waals surface area (Å²) < 4.78 is 33.5. The van der Waals surface area contributed by atoms with Crippen molar-refractivity contribution in [1.29, 1.82) is 0 Å². The first-order chi connectivity index (χ1) is 15.2. The molecule has 1 atom stereocenters. The molecular formula is C20H19F2N7O3. The molecule has 4 aromatic rings. The monoisotopic (exact) mass is 443 g/mol. The summed E-state index contributed by atoms with van der Waals surface area (Å²) in [5.74, 6) is -0.954. The van der Waals surface area contributed by atoms with Crippen LogP contribution in [0.4, 0.5) is 8.78 Å². The number of halogens is 2. The van der Waals surface area contributed by atoms with Crippen LogP contribution >= 0.6 is 0 Å². The van der Waals surface area contributed by atoms with Gasteiger partial charge in [0.05, 0.1) is 23.2 Å². The normalized spacial score (nSPS) is 16.7. The molecule has 1 aliphatic heterocycles. The minimum Gasteiger partial charge on any atom is -0.414 e. The molecule has 0 radical (unpaired) electrons. The second kappa shape index (κ2) is 7.19. The highest BCUT2D eigenvalue weighted by Crippen LogP contribution is 2.35. The SMILES string of the molecule is CC(C)(O)c1nnc(C(=O)N2CCc3[nH]cnc3C2c2cc3cccc(C(F)F)n3n2)o1. The molecule has 0 fully saturated rings. The van der Waals surface area contributed by atoms with Gasteiger partial charge in [0.25, 0.3) is 6.43 Å². The number of carbonyl (C=O) groups is 1. The number of aromatic amines is 1. The smallest absolute Gasteiger partial charge is 0.312 e. The Morgan fingerprint density at radius 1 is 1.34 bits per heavy atom. The number of imidazole rings is 1. The summed E-state index contributed by atoms with van der Waals surface area (Å²) in [6.07, 6.45) is -0.694. The number of nitrogens with zero attached hydrogens (tertiary/aromatic N) is 6. The van der Waals surface area contributed by atoms with E-state index in [4.69, 9.17) is 4.42 Å². The zero-order chi connectivity index (χ0) is 22.6. The Bertz CT molecular complexity index is 1300. The van der Waals surface area contributed by atoms with Crippen LogP contribution in [0.3, 0.4) is 0 Å². The van der Waals surface area contributed by atoms with Crippen LogP contribution in [0.2, 0.25) is 0 Å². The minimum absolute atomic E-state index is 0.0934. The fraction of sp³-hybridized carbons (Fsp3) is 0.350. The second-order valence-electron chi connectivity index (χ2n) is 8.05. The molecule has 0 aromatic carbocycles. The Balaban J connectivity index is 1.60. The van der Waals surface area contributed by atoms with Gasteiger partial charge in [0.1, 0.15) is 17.3 Å². The van der Waals surface area contributed by atoms with Crippen molar-refractivity contribution in [1.82, 2.24) is 34.7 Å². The van der Waals surface area contributed by atoms with Crippen LogP contribution in [-0.4, -0.2) is 52.2 Å². The van der Waals surface area contributed by atoms with Crippen molar-refractivity contribution in [2.75, 3.05) is 6.54 Å². The van der Waals surface area contributed by atoms with E-state index in [1.54, 1.807) is 12.1 Å². The Morgan fingerprint density at radius 3 is 2.88 bits per heavy atom. The summed E-state index contributed by atoms with van der Waals surface area (Å²) in [7, 11) is 0. The number of H-pyrrole nitrogens is 1. The van der Waals surface area contributed by atoms with Gasteiger partial charge >= 0.3 is 11.8 Å². The van der Waals surface area contributed by atoms with Gasteiger partial charge in [-0.1, -0.05) is 6.07 Å². The number of rotatable bonds is 4. The van der Waals surface area contributed by atoms with Crippen molar-refractivity contribution in [3.8, 4) is 0 Å². The fourth-order valence-corrected chi connectivity index (χ4v) is 3.83. The first kappa shape index (κ1) is 20.2. The highest BCUT2D eigenvalue weighted by Gasteiger charge is 2.39. The van der Waals surface area contributed by atoms with Crippen molar-refractivity contribution < 1.29 is 23.1 Å². The summed E-state index contributed by atoms with van der Waals surface area (Å²) >= 11 is 0. The number of alkyl halides is 2. The summed E-state index contributed by atoms with van der Waals surface area (Å²) in [6, 6.07) is 5.39. The standard InChI is InChI=1S/C20H19F2N7O3/c1-20(2,31)19-26-25-17(32-19)18(30)28-7-6-11-14(24-9-23-11)15(28)12-8-10-4-3-5-13(16(21)22)29(10)27-12/h3-5,8-9,15-16,31H,6-7H2,1-2H3,(H,23,24). The van der Waals surface area contributed by atoms with Crippen LogP contribution in [0.1, 0.15) is 65.7 Å². The molecule has 0 spiro atoms. The van der Waals surface area contributed by atoms with Gasteiger partial charge in [-0.3, -0.25) is 4.79 Å². The van der Waals surface area contributed by atoms with Gasteiger partial charge in [-0.05, 0) is 32.0 Å². The first-order valence-corrected chi connectivity index (χ1v) is 9.90. The van der Waals surface area contributed by atoms with Crippen LogP contribution in [-0.2, 0) is 12.0 Å². The lowest BCUT2D eigenvalue weighted by Gasteiger charge is -2.32. The number of amides is 1. The summed E-state index contributed by atoms with van der Waals surface area (Å²) in [4.78, 5) is 22.2. The number of aliphatic hydroxyl groups is 1. The van der Waals surface area contributed by atoms with Gasteiger partial charge < -0.3 is 19.4 Å². The highest BCUT2D eigenvalue weighted by atomic mass is 19.3. The van der Waals surface area contributed by atoms with E-state index >= 15 is 0 Å². The Kier molecular flexibility index (Phi) is 4.55. The summed E-state index contributed by atoms with van der Waals surface area (Å²) in [5, 5.41) is 22.0. The quantitative estimate of drug-likeness (QED) is 0.496. The molecule has 2 N–H and O–H groups in total. The number of fused-ring (bicyclic) bond motifs is 2. The molecule has 1 unspecified atom stereocenters. The molecule has 4 aromatic heterocycles. The molecule has 5 rings (SSSR count). The molecule has 166 valence electrons. The molecule has 12 heteroatoms. The van der Waals surface area contributed by atoms with E-state index < -0.39 is 24.0 Å². The third-order valence-corrected chi connectivity index (χ3v) is 5.36. The molecular weight excluding hydrogens is 424 g/mol. The molecule has 0 saturated carbocycles. The van der Waals surface area contributed by atoms with Crippen LogP contribution in [0, 0.1) is 0 Å². The molecule has 10 nitrogen and oxygen atoms in total. The van der Waals surface area contributed by atoms with Gasteiger partial charge in [-0.25, -0.2) is 18.3 Å². The maximum Gasteiger partial charge on any atom is 0.312 e. The molecule has 1 amide bonds. The van der Waals surface area contributed by atoms with Crippen molar-refractivity contribution in [3.05, 3.63) is 65.1 Å². The second-order valence-corrected chi connectivity index (χ2v) is 8.05. The number of aromatic nitrogens is 6. The van der Waals surface area contributed by atoms with Crippen LogP contribution in [0.25, 0.3) is 5.52 Å². The minimum atomic E-state index is -2.71. The van der Waals surface area contributed by atoms with E-state index in [1.807, 2.05) is 0 Å². The van der Waals surface area contributed by atoms with Crippen LogP contribution < -0.4 is 0 Å². The average molecular weight is 443 g/mol. The maximum atomic E-state index is 13.5. The van der Waals surface area contributed by atoms with Gasteiger partial charge in [-0.15, -0.1) is 10.2 Å². The third-order valence-electron chi connectivity index (χ3n) is 5.36. The van der Waals surface area contributed by atoms with E-state index in [9.17, 15) is 18.7 Å². The third kappa shape index (κ3) is 3.23. The lowest BCUT2D eigenvalue weighted by atomic mass is 9.99. The van der Waals surface area contributed by atoms with Crippen molar-refractivity contribution in [2.24, 2.45) is 0 Å². The van der Waals surface area contributed by atoms with E-state index in [0.717, 1.165) is 5.69 Å². The zero-order valence-electron chi connectivity index (χ0n) is 17.2. The van der Waals surface area contributed by atoms with Gasteiger partial charge in [0, 0.05) is 18.7 Å². The van der Waals surface area contributed by atoms with E-state index in [1.165, 1.54) is 41.7 Å². The Hall–Kier alpha value is -3.67. The van der Waals surface area contributed by atoms with Crippen LogP contribution in [0.15, 0.2) is 35.0 Å². The molecule has 0 saturated heterocycles. The van der Waals surface area contributed by atoms with Crippen molar-refractivity contribution in [2.45, 2.75) is 38.3 Å². The zero-order valence-corrected chi connectivity index (χ0v) is 17.2. The largest absolute Gasteiger partial charge is 0.414 e.